The highest BCUT2D eigenvalue weighted by molar-refractivity contribution is 8.00. The summed E-state index contributed by atoms with van der Waals surface area (Å²) in [5.74, 6) is 0.543. The first-order valence-electron chi connectivity index (χ1n) is 5.85. The molecule has 0 atom stereocenters. The molecule has 1 heterocycles. The summed E-state index contributed by atoms with van der Waals surface area (Å²) in [5.41, 5.74) is 1.95. The third kappa shape index (κ3) is 2.96. The summed E-state index contributed by atoms with van der Waals surface area (Å²) in [7, 11) is 2.00. The first-order valence-corrected chi connectivity index (χ1v) is 6.84. The van der Waals surface area contributed by atoms with Crippen molar-refractivity contribution in [2.75, 3.05) is 29.6 Å². The lowest BCUT2D eigenvalue weighted by atomic mass is 10.2. The van der Waals surface area contributed by atoms with Crippen LogP contribution in [0.1, 0.15) is 12.8 Å². The van der Waals surface area contributed by atoms with E-state index >= 15 is 0 Å². The molecule has 1 aliphatic rings. The van der Waals surface area contributed by atoms with E-state index in [4.69, 9.17) is 5.26 Å². The molecule has 1 N–H and O–H groups in total. The predicted molar refractivity (Wildman–Crippen MR) is 73.9 cm³/mol. The number of amides is 1. The van der Waals surface area contributed by atoms with Gasteiger partial charge in [0.1, 0.15) is 0 Å². The van der Waals surface area contributed by atoms with Gasteiger partial charge in [0.25, 0.3) is 0 Å². The zero-order chi connectivity index (χ0) is 13.0. The van der Waals surface area contributed by atoms with Gasteiger partial charge in [0.15, 0.2) is 0 Å². The van der Waals surface area contributed by atoms with Crippen LogP contribution in [-0.2, 0) is 4.79 Å². The van der Waals surface area contributed by atoms with Crippen LogP contribution in [0, 0.1) is 11.3 Å². The molecular formula is C13H15N3OS. The van der Waals surface area contributed by atoms with Crippen molar-refractivity contribution in [3.8, 4) is 6.07 Å². The molecule has 0 spiro atoms. The summed E-state index contributed by atoms with van der Waals surface area (Å²) in [6.07, 6.45) is 1.42. The minimum Gasteiger partial charge on any atom is -0.375 e. The third-order valence-corrected chi connectivity index (χ3v) is 3.89. The van der Waals surface area contributed by atoms with Gasteiger partial charge in [-0.15, -0.1) is 11.8 Å². The van der Waals surface area contributed by atoms with Crippen molar-refractivity contribution in [2.24, 2.45) is 0 Å². The second kappa shape index (κ2) is 5.78. The fourth-order valence-corrected chi connectivity index (χ4v) is 2.62. The van der Waals surface area contributed by atoms with Gasteiger partial charge in [0.05, 0.1) is 17.5 Å². The van der Waals surface area contributed by atoms with Crippen LogP contribution < -0.4 is 10.2 Å². The lowest BCUT2D eigenvalue weighted by molar-refractivity contribution is -0.113. The van der Waals surface area contributed by atoms with Crippen LogP contribution in [0.5, 0.6) is 0 Å². The van der Waals surface area contributed by atoms with Crippen molar-refractivity contribution >= 4 is 29.0 Å². The first kappa shape index (κ1) is 12.8. The van der Waals surface area contributed by atoms with Crippen molar-refractivity contribution in [3.63, 3.8) is 0 Å². The number of nitrogens with zero attached hydrogens (tertiary/aromatic N) is 2. The lowest BCUT2D eigenvalue weighted by Gasteiger charge is -2.22. The van der Waals surface area contributed by atoms with Crippen molar-refractivity contribution in [1.82, 2.24) is 0 Å². The molecule has 0 aliphatic carbocycles. The smallest absolute Gasteiger partial charge is 0.234 e. The van der Waals surface area contributed by atoms with Gasteiger partial charge < -0.3 is 10.2 Å². The number of nitriles is 1. The average Bonchev–Trinajstić information content (AvgIpc) is 2.38. The fourth-order valence-electron chi connectivity index (χ4n) is 1.83. The van der Waals surface area contributed by atoms with E-state index in [0.29, 0.717) is 12.2 Å². The Kier molecular flexibility index (Phi) is 4.11. The van der Waals surface area contributed by atoms with Crippen molar-refractivity contribution in [3.05, 3.63) is 18.2 Å². The average molecular weight is 261 g/mol. The Balaban J connectivity index is 2.08. The van der Waals surface area contributed by atoms with Crippen LogP contribution in [0.3, 0.4) is 0 Å². The van der Waals surface area contributed by atoms with Gasteiger partial charge in [-0.05, 0) is 24.6 Å². The van der Waals surface area contributed by atoms with Crippen molar-refractivity contribution in [1.29, 1.82) is 5.26 Å². The Hall–Kier alpha value is -1.67. The monoisotopic (exact) mass is 261 g/mol. The minimum absolute atomic E-state index is 0.0526. The van der Waals surface area contributed by atoms with E-state index in [-0.39, 0.29) is 5.91 Å². The van der Waals surface area contributed by atoms with Gasteiger partial charge in [-0.2, -0.15) is 5.26 Å². The van der Waals surface area contributed by atoms with Crippen LogP contribution in [0.25, 0.3) is 0 Å². The van der Waals surface area contributed by atoms with Crippen molar-refractivity contribution < 1.29 is 4.79 Å². The normalized spacial score (nSPS) is 13.4. The maximum atomic E-state index is 11.3. The highest BCUT2D eigenvalue weighted by Crippen LogP contribution is 2.34. The van der Waals surface area contributed by atoms with Gasteiger partial charge in [0.2, 0.25) is 5.91 Å². The van der Waals surface area contributed by atoms with Gasteiger partial charge in [-0.25, -0.2) is 0 Å². The van der Waals surface area contributed by atoms with Crippen LogP contribution >= 0.6 is 11.8 Å². The molecule has 0 fully saturated rings. The van der Waals surface area contributed by atoms with E-state index < -0.39 is 0 Å². The number of thioether (sulfide) groups is 1. The highest BCUT2D eigenvalue weighted by Gasteiger charge is 2.16. The molecule has 0 saturated heterocycles. The van der Waals surface area contributed by atoms with Crippen LogP contribution in [0.15, 0.2) is 23.1 Å². The van der Waals surface area contributed by atoms with E-state index in [1.807, 2.05) is 19.2 Å². The SMILES string of the molecule is CN(CCCC#N)c1ccc2c(c1)NC(=O)CS2. The Morgan fingerprint density at radius 2 is 2.39 bits per heavy atom. The summed E-state index contributed by atoms with van der Waals surface area (Å²) in [6, 6.07) is 8.22. The summed E-state index contributed by atoms with van der Waals surface area (Å²) in [5, 5.41) is 11.4. The van der Waals surface area contributed by atoms with E-state index in [1.54, 1.807) is 11.8 Å². The molecule has 18 heavy (non-hydrogen) atoms. The van der Waals surface area contributed by atoms with Crippen LogP contribution in [0.4, 0.5) is 11.4 Å². The second-order valence-electron chi connectivity index (χ2n) is 4.20. The molecule has 0 radical (unpaired) electrons. The van der Waals surface area contributed by atoms with E-state index in [9.17, 15) is 4.79 Å². The molecule has 0 bridgehead atoms. The number of fused-ring (bicyclic) bond motifs is 1. The number of rotatable bonds is 4. The first-order chi connectivity index (χ1) is 8.70. The van der Waals surface area contributed by atoms with E-state index in [0.717, 1.165) is 29.2 Å². The molecule has 5 heteroatoms. The molecule has 0 aromatic heterocycles. The summed E-state index contributed by atoms with van der Waals surface area (Å²) in [4.78, 5) is 14.6. The Labute approximate surface area is 111 Å². The number of hydrogen-bond acceptors (Lipinski definition) is 4. The van der Waals surface area contributed by atoms with Gasteiger partial charge >= 0.3 is 0 Å². The number of nitrogens with one attached hydrogen (secondary N) is 1. The highest BCUT2D eigenvalue weighted by atomic mass is 32.2. The summed E-state index contributed by atoms with van der Waals surface area (Å²) < 4.78 is 0. The zero-order valence-corrected chi connectivity index (χ0v) is 11.1. The van der Waals surface area contributed by atoms with Gasteiger partial charge in [0, 0.05) is 30.6 Å². The third-order valence-electron chi connectivity index (χ3n) is 2.82. The van der Waals surface area contributed by atoms with E-state index in [2.05, 4.69) is 22.4 Å². The molecule has 1 aliphatic heterocycles. The van der Waals surface area contributed by atoms with Gasteiger partial charge in [-0.1, -0.05) is 0 Å². The largest absolute Gasteiger partial charge is 0.375 e. The topological polar surface area (TPSA) is 56.1 Å². The summed E-state index contributed by atoms with van der Waals surface area (Å²) >= 11 is 1.57. The maximum Gasteiger partial charge on any atom is 0.234 e. The fraction of sp³-hybridized carbons (Fsp3) is 0.385. The molecule has 4 nitrogen and oxygen atoms in total. The number of anilines is 2. The zero-order valence-electron chi connectivity index (χ0n) is 10.3. The molecule has 94 valence electrons. The Bertz CT molecular complexity index is 495. The molecule has 2 rings (SSSR count). The van der Waals surface area contributed by atoms with Crippen molar-refractivity contribution in [2.45, 2.75) is 17.7 Å². The minimum atomic E-state index is 0.0526. The predicted octanol–water partition coefficient (Wildman–Crippen LogP) is 2.47. The molecular weight excluding hydrogens is 246 g/mol. The number of carbonyl (C=O) groups excluding carboxylic acids is 1. The number of carbonyl (C=O) groups is 1. The summed E-state index contributed by atoms with van der Waals surface area (Å²) in [6.45, 7) is 0.841. The molecule has 0 saturated carbocycles. The molecule has 0 unspecified atom stereocenters. The van der Waals surface area contributed by atoms with E-state index in [1.165, 1.54) is 0 Å². The second-order valence-corrected chi connectivity index (χ2v) is 5.22. The molecule has 1 aromatic carbocycles. The van der Waals surface area contributed by atoms with Crippen LogP contribution in [0.2, 0.25) is 0 Å². The Morgan fingerprint density at radius 1 is 1.56 bits per heavy atom. The number of benzene rings is 1. The quantitative estimate of drug-likeness (QED) is 0.846. The Morgan fingerprint density at radius 3 is 3.17 bits per heavy atom. The number of hydrogen-bond donors (Lipinski definition) is 1. The molecule has 1 aromatic rings. The lowest BCUT2D eigenvalue weighted by Crippen LogP contribution is -2.21. The number of unbranched alkanes of at least 4 members (excludes halogenated alkanes) is 1. The standard InChI is InChI=1S/C13H15N3OS/c1-16(7-3-2-6-14)10-4-5-12-11(8-10)15-13(17)9-18-12/h4-5,8H,2-3,7,9H2,1H3,(H,15,17). The van der Waals surface area contributed by atoms with Gasteiger partial charge in [-0.3, -0.25) is 4.79 Å². The molecule has 1 amide bonds. The van der Waals surface area contributed by atoms with Crippen LogP contribution in [-0.4, -0.2) is 25.3 Å². The maximum absolute atomic E-state index is 11.3.